The van der Waals surface area contributed by atoms with Crippen molar-refractivity contribution < 1.29 is 14.7 Å². The largest absolute Gasteiger partial charge is 0.481 e. The molecule has 0 unspecified atom stereocenters. The molecule has 1 heterocycles. The minimum Gasteiger partial charge on any atom is -0.481 e. The third-order valence-electron chi connectivity index (χ3n) is 4.39. The van der Waals surface area contributed by atoms with Crippen LogP contribution in [0.25, 0.3) is 0 Å². The molecular formula is C14H24N2O3. The molecule has 0 bridgehead atoms. The van der Waals surface area contributed by atoms with Gasteiger partial charge in [-0.3, -0.25) is 14.5 Å². The maximum atomic E-state index is 12.0. The van der Waals surface area contributed by atoms with Crippen molar-refractivity contribution in [3.05, 3.63) is 0 Å². The van der Waals surface area contributed by atoms with Crippen molar-refractivity contribution in [1.29, 1.82) is 0 Å². The Labute approximate surface area is 114 Å². The van der Waals surface area contributed by atoms with Crippen LogP contribution in [0.15, 0.2) is 0 Å². The zero-order valence-corrected chi connectivity index (χ0v) is 11.4. The summed E-state index contributed by atoms with van der Waals surface area (Å²) in [5.74, 6) is -0.512. The van der Waals surface area contributed by atoms with Gasteiger partial charge >= 0.3 is 5.97 Å². The summed E-state index contributed by atoms with van der Waals surface area (Å²) in [4.78, 5) is 25.0. The lowest BCUT2D eigenvalue weighted by Gasteiger charge is -2.30. The number of nitrogens with one attached hydrogen (secondary N) is 1. The van der Waals surface area contributed by atoms with Crippen LogP contribution in [-0.4, -0.2) is 41.6 Å². The molecule has 0 aromatic rings. The van der Waals surface area contributed by atoms with E-state index in [1.54, 1.807) is 0 Å². The van der Waals surface area contributed by atoms with E-state index in [-0.39, 0.29) is 17.7 Å². The van der Waals surface area contributed by atoms with Gasteiger partial charge in [0.25, 0.3) is 0 Å². The number of carboxylic acid groups (broad SMARTS) is 1. The molecule has 19 heavy (non-hydrogen) atoms. The molecule has 0 radical (unpaired) electrons. The van der Waals surface area contributed by atoms with Gasteiger partial charge in [-0.05, 0) is 25.7 Å². The molecule has 0 spiro atoms. The van der Waals surface area contributed by atoms with Crippen LogP contribution in [0.5, 0.6) is 0 Å². The molecule has 0 aromatic heterocycles. The topological polar surface area (TPSA) is 69.6 Å². The highest BCUT2D eigenvalue weighted by Gasteiger charge is 2.25. The van der Waals surface area contributed by atoms with Crippen molar-refractivity contribution in [2.75, 3.05) is 19.8 Å². The second-order valence-corrected chi connectivity index (χ2v) is 5.76. The Hall–Kier alpha value is -1.10. The van der Waals surface area contributed by atoms with Crippen molar-refractivity contribution in [1.82, 2.24) is 10.2 Å². The molecule has 108 valence electrons. The van der Waals surface area contributed by atoms with E-state index in [2.05, 4.69) is 10.2 Å². The van der Waals surface area contributed by atoms with Crippen molar-refractivity contribution in [3.8, 4) is 0 Å². The van der Waals surface area contributed by atoms with Crippen LogP contribution in [0.1, 0.15) is 44.9 Å². The van der Waals surface area contributed by atoms with Gasteiger partial charge < -0.3 is 10.4 Å². The fraction of sp³-hybridized carbons (Fsp3) is 0.857. The maximum absolute atomic E-state index is 12.0. The van der Waals surface area contributed by atoms with Crippen molar-refractivity contribution >= 4 is 11.9 Å². The van der Waals surface area contributed by atoms with E-state index in [0.29, 0.717) is 19.5 Å². The van der Waals surface area contributed by atoms with E-state index in [1.807, 2.05) is 0 Å². The van der Waals surface area contributed by atoms with Crippen LogP contribution < -0.4 is 5.32 Å². The first kappa shape index (κ1) is 14.3. The summed E-state index contributed by atoms with van der Waals surface area (Å²) in [6.45, 7) is 2.10. The van der Waals surface area contributed by atoms with Crippen LogP contribution in [0.4, 0.5) is 0 Å². The number of carboxylic acids is 1. The second-order valence-electron chi connectivity index (χ2n) is 5.76. The third-order valence-corrected chi connectivity index (χ3v) is 4.39. The molecule has 5 heteroatoms. The molecule has 5 nitrogen and oxygen atoms in total. The number of rotatable bonds is 4. The van der Waals surface area contributed by atoms with Gasteiger partial charge in [0.15, 0.2) is 0 Å². The van der Waals surface area contributed by atoms with Gasteiger partial charge in [0.05, 0.1) is 12.6 Å². The molecule has 2 rings (SSSR count). The molecular weight excluding hydrogens is 244 g/mol. The highest BCUT2D eigenvalue weighted by atomic mass is 16.4. The smallest absolute Gasteiger partial charge is 0.306 e. The van der Waals surface area contributed by atoms with E-state index in [0.717, 1.165) is 25.9 Å². The normalized spacial score (nSPS) is 23.2. The second kappa shape index (κ2) is 6.89. The summed E-state index contributed by atoms with van der Waals surface area (Å²) in [6.07, 6.45) is 7.01. The highest BCUT2D eigenvalue weighted by molar-refractivity contribution is 5.78. The molecule has 0 atom stereocenters. The van der Waals surface area contributed by atoms with Gasteiger partial charge in [-0.1, -0.05) is 19.3 Å². The van der Waals surface area contributed by atoms with E-state index in [1.165, 1.54) is 19.3 Å². The third kappa shape index (κ3) is 4.20. The number of carbonyl (C=O) groups excluding carboxylic acids is 1. The van der Waals surface area contributed by atoms with Gasteiger partial charge in [-0.2, -0.15) is 0 Å². The Bertz CT molecular complexity index is 319. The van der Waals surface area contributed by atoms with Crippen LogP contribution in [0.3, 0.4) is 0 Å². The summed E-state index contributed by atoms with van der Waals surface area (Å²) >= 11 is 0. The monoisotopic (exact) mass is 268 g/mol. The number of amides is 1. The number of hydrogen-bond acceptors (Lipinski definition) is 3. The molecule has 1 amide bonds. The van der Waals surface area contributed by atoms with Crippen molar-refractivity contribution in [2.45, 2.75) is 44.9 Å². The molecule has 2 N–H and O–H groups in total. The lowest BCUT2D eigenvalue weighted by Crippen LogP contribution is -2.44. The van der Waals surface area contributed by atoms with Crippen molar-refractivity contribution in [2.24, 2.45) is 11.8 Å². The molecule has 2 fully saturated rings. The van der Waals surface area contributed by atoms with Gasteiger partial charge in [0.2, 0.25) is 5.91 Å². The predicted octanol–water partition coefficient (Wildman–Crippen LogP) is 1.44. The predicted molar refractivity (Wildman–Crippen MR) is 71.5 cm³/mol. The fourth-order valence-electron chi connectivity index (χ4n) is 3.04. The minimum absolute atomic E-state index is 0.181. The Morgan fingerprint density at radius 2 is 1.63 bits per heavy atom. The Balaban J connectivity index is 1.66. The first-order valence-electron chi connectivity index (χ1n) is 7.39. The zero-order valence-electron chi connectivity index (χ0n) is 11.4. The molecule has 0 aromatic carbocycles. The van der Waals surface area contributed by atoms with Gasteiger partial charge in [0, 0.05) is 19.0 Å². The van der Waals surface area contributed by atoms with Gasteiger partial charge in [0.1, 0.15) is 0 Å². The SMILES string of the molecule is O=C(O)C1CCN(CNC(=O)C2CCCCC2)CC1. The summed E-state index contributed by atoms with van der Waals surface area (Å²) in [7, 11) is 0. The van der Waals surface area contributed by atoms with Crippen LogP contribution >= 0.6 is 0 Å². The van der Waals surface area contributed by atoms with E-state index in [9.17, 15) is 9.59 Å². The maximum Gasteiger partial charge on any atom is 0.306 e. The summed E-state index contributed by atoms with van der Waals surface area (Å²) in [5.41, 5.74) is 0. The zero-order chi connectivity index (χ0) is 13.7. The van der Waals surface area contributed by atoms with Crippen LogP contribution in [-0.2, 0) is 9.59 Å². The number of aliphatic carboxylic acids is 1. The van der Waals surface area contributed by atoms with E-state index in [4.69, 9.17) is 5.11 Å². The van der Waals surface area contributed by atoms with Crippen LogP contribution in [0, 0.1) is 11.8 Å². The molecule has 1 saturated carbocycles. The molecule has 1 saturated heterocycles. The fourth-order valence-corrected chi connectivity index (χ4v) is 3.04. The number of carbonyl (C=O) groups is 2. The van der Waals surface area contributed by atoms with E-state index >= 15 is 0 Å². The standard InChI is InChI=1S/C14H24N2O3/c17-13(11-4-2-1-3-5-11)15-10-16-8-6-12(7-9-16)14(18)19/h11-12H,1-10H2,(H,15,17)(H,18,19). The Kier molecular flexibility index (Phi) is 5.19. The molecule has 1 aliphatic carbocycles. The lowest BCUT2D eigenvalue weighted by atomic mass is 9.89. The number of piperidine rings is 1. The van der Waals surface area contributed by atoms with Gasteiger partial charge in [-0.15, -0.1) is 0 Å². The first-order valence-corrected chi connectivity index (χ1v) is 7.39. The summed E-state index contributed by atoms with van der Waals surface area (Å²) in [6, 6.07) is 0. The van der Waals surface area contributed by atoms with Crippen molar-refractivity contribution in [3.63, 3.8) is 0 Å². The molecule has 1 aliphatic heterocycles. The average molecular weight is 268 g/mol. The summed E-state index contributed by atoms with van der Waals surface area (Å²) in [5, 5.41) is 11.9. The molecule has 2 aliphatic rings. The lowest BCUT2D eigenvalue weighted by molar-refractivity contribution is -0.143. The quantitative estimate of drug-likeness (QED) is 0.809. The first-order chi connectivity index (χ1) is 9.16. The Morgan fingerprint density at radius 3 is 2.21 bits per heavy atom. The Morgan fingerprint density at radius 1 is 1.00 bits per heavy atom. The highest BCUT2D eigenvalue weighted by Crippen LogP contribution is 2.23. The number of nitrogens with zero attached hydrogens (tertiary/aromatic N) is 1. The number of likely N-dealkylation sites (tertiary alicyclic amines) is 1. The van der Waals surface area contributed by atoms with E-state index < -0.39 is 5.97 Å². The van der Waals surface area contributed by atoms with Gasteiger partial charge in [-0.25, -0.2) is 0 Å². The average Bonchev–Trinajstić information content (AvgIpc) is 2.46. The minimum atomic E-state index is -0.689. The van der Waals surface area contributed by atoms with Crippen LogP contribution in [0.2, 0.25) is 0 Å². The number of hydrogen-bond donors (Lipinski definition) is 2. The summed E-state index contributed by atoms with van der Waals surface area (Å²) < 4.78 is 0.